The molecule has 4 rings (SSSR count). The number of para-hydroxylation sites is 1. The van der Waals surface area contributed by atoms with Gasteiger partial charge >= 0.3 is 0 Å². The number of benzene rings is 2. The van der Waals surface area contributed by atoms with Gasteiger partial charge in [0.1, 0.15) is 5.75 Å². The highest BCUT2D eigenvalue weighted by Gasteiger charge is 2.37. The molecule has 172 valence electrons. The van der Waals surface area contributed by atoms with Gasteiger partial charge in [-0.15, -0.1) is 10.2 Å². The number of nitrogens with zero attached hydrogens (tertiary/aromatic N) is 4. The van der Waals surface area contributed by atoms with E-state index in [9.17, 15) is 4.79 Å². The Labute approximate surface area is 196 Å². The van der Waals surface area contributed by atoms with Crippen LogP contribution in [-0.2, 0) is 4.79 Å². The van der Waals surface area contributed by atoms with Crippen molar-refractivity contribution >= 4 is 23.4 Å². The highest BCUT2D eigenvalue weighted by atomic mass is 32.2. The zero-order valence-electron chi connectivity index (χ0n) is 19.0. The van der Waals surface area contributed by atoms with Crippen molar-refractivity contribution in [1.82, 2.24) is 15.2 Å². The SMILES string of the molecule is CCC(=O)N1c2ccccc2-c2nnc(SC)nc2OC1c1cc(OC)c(OC)cc1OC. The summed E-state index contributed by atoms with van der Waals surface area (Å²) in [5.41, 5.74) is 2.37. The normalized spacial score (nSPS) is 14.5. The quantitative estimate of drug-likeness (QED) is 0.495. The Balaban J connectivity index is 2.02. The minimum Gasteiger partial charge on any atom is -0.496 e. The number of amides is 1. The van der Waals surface area contributed by atoms with Crippen LogP contribution in [0.15, 0.2) is 41.6 Å². The van der Waals surface area contributed by atoms with E-state index < -0.39 is 6.23 Å². The number of methoxy groups -OCH3 is 3. The molecule has 0 spiro atoms. The first-order valence-corrected chi connectivity index (χ1v) is 11.4. The van der Waals surface area contributed by atoms with Crippen molar-refractivity contribution in [3.05, 3.63) is 42.0 Å². The minimum absolute atomic E-state index is 0.143. The standard InChI is InChI=1S/C23H24N4O5S/c1-6-19(28)27-15-10-8-7-9-13(15)20-21(24-23(33-5)26-25-20)32-22(27)14-11-17(30-3)18(31-4)12-16(14)29-2/h7-12,22H,6H2,1-5H3. The van der Waals surface area contributed by atoms with E-state index >= 15 is 0 Å². The Bertz CT molecular complexity index is 1190. The van der Waals surface area contributed by atoms with E-state index in [1.165, 1.54) is 11.8 Å². The van der Waals surface area contributed by atoms with Crippen LogP contribution in [0.25, 0.3) is 11.3 Å². The van der Waals surface area contributed by atoms with Crippen molar-refractivity contribution in [3.63, 3.8) is 0 Å². The summed E-state index contributed by atoms with van der Waals surface area (Å²) in [4.78, 5) is 19.5. The summed E-state index contributed by atoms with van der Waals surface area (Å²) in [6.45, 7) is 1.80. The highest BCUT2D eigenvalue weighted by Crippen LogP contribution is 2.47. The number of ether oxygens (including phenoxy) is 4. The molecule has 0 radical (unpaired) electrons. The lowest BCUT2D eigenvalue weighted by Crippen LogP contribution is -2.37. The maximum Gasteiger partial charge on any atom is 0.247 e. The maximum atomic E-state index is 13.3. The number of anilines is 1. The predicted octanol–water partition coefficient (Wildman–Crippen LogP) is 4.12. The van der Waals surface area contributed by atoms with E-state index in [-0.39, 0.29) is 18.2 Å². The molecule has 1 atom stereocenters. The zero-order valence-corrected chi connectivity index (χ0v) is 19.8. The van der Waals surface area contributed by atoms with Crippen molar-refractivity contribution in [2.75, 3.05) is 32.5 Å². The lowest BCUT2D eigenvalue weighted by atomic mass is 10.1. The van der Waals surface area contributed by atoms with Crippen molar-refractivity contribution in [2.45, 2.75) is 24.7 Å². The Kier molecular flexibility index (Phi) is 6.55. The third-order valence-electron chi connectivity index (χ3n) is 5.27. The van der Waals surface area contributed by atoms with Crippen LogP contribution in [0.4, 0.5) is 5.69 Å². The van der Waals surface area contributed by atoms with Gasteiger partial charge in [0.05, 0.1) is 32.6 Å². The second-order valence-electron chi connectivity index (χ2n) is 7.01. The summed E-state index contributed by atoms with van der Waals surface area (Å²) in [6.07, 6.45) is 1.21. The molecule has 1 aromatic heterocycles. The fraction of sp³-hybridized carbons (Fsp3) is 0.304. The van der Waals surface area contributed by atoms with Crippen LogP contribution in [0.5, 0.6) is 23.1 Å². The van der Waals surface area contributed by atoms with Gasteiger partial charge in [0.15, 0.2) is 17.2 Å². The summed E-state index contributed by atoms with van der Waals surface area (Å²) in [7, 11) is 4.64. The highest BCUT2D eigenvalue weighted by molar-refractivity contribution is 7.98. The predicted molar refractivity (Wildman–Crippen MR) is 124 cm³/mol. The molecule has 33 heavy (non-hydrogen) atoms. The molecule has 3 aromatic rings. The van der Waals surface area contributed by atoms with Crippen LogP contribution in [-0.4, -0.2) is 48.7 Å². The molecule has 0 N–H and O–H groups in total. The first kappa shape index (κ1) is 22.7. The van der Waals surface area contributed by atoms with E-state index in [4.69, 9.17) is 18.9 Å². The number of aromatic nitrogens is 3. The molecular formula is C23H24N4O5S. The van der Waals surface area contributed by atoms with E-state index in [1.807, 2.05) is 30.5 Å². The molecule has 0 fully saturated rings. The number of rotatable bonds is 6. The van der Waals surface area contributed by atoms with Gasteiger partial charge in [0, 0.05) is 18.1 Å². The van der Waals surface area contributed by atoms with Crippen molar-refractivity contribution in [1.29, 1.82) is 0 Å². The Morgan fingerprint density at radius 2 is 1.76 bits per heavy atom. The molecule has 2 heterocycles. The fourth-order valence-corrected chi connectivity index (χ4v) is 3.98. The van der Waals surface area contributed by atoms with Crippen molar-refractivity contribution in [2.24, 2.45) is 0 Å². The van der Waals surface area contributed by atoms with Crippen LogP contribution in [0.3, 0.4) is 0 Å². The van der Waals surface area contributed by atoms with Crippen LogP contribution in [0, 0.1) is 0 Å². The van der Waals surface area contributed by atoms with E-state index in [1.54, 1.807) is 45.3 Å². The molecule has 1 aliphatic heterocycles. The van der Waals surface area contributed by atoms with Gasteiger partial charge in [-0.1, -0.05) is 36.9 Å². The molecule has 0 saturated heterocycles. The van der Waals surface area contributed by atoms with Crippen LogP contribution >= 0.6 is 11.8 Å². The first-order chi connectivity index (χ1) is 16.1. The van der Waals surface area contributed by atoms with Crippen LogP contribution in [0.1, 0.15) is 25.1 Å². The Morgan fingerprint density at radius 1 is 1.06 bits per heavy atom. The monoisotopic (exact) mass is 468 g/mol. The average molecular weight is 469 g/mol. The topological polar surface area (TPSA) is 95.9 Å². The minimum atomic E-state index is -0.902. The van der Waals surface area contributed by atoms with Gasteiger partial charge < -0.3 is 18.9 Å². The largest absolute Gasteiger partial charge is 0.496 e. The average Bonchev–Trinajstić information content (AvgIpc) is 3.01. The number of thioether (sulfide) groups is 1. The third-order valence-corrected chi connectivity index (χ3v) is 5.81. The molecular weight excluding hydrogens is 444 g/mol. The lowest BCUT2D eigenvalue weighted by molar-refractivity contribution is -0.120. The fourth-order valence-electron chi connectivity index (χ4n) is 3.69. The number of hydrogen-bond donors (Lipinski definition) is 0. The first-order valence-electron chi connectivity index (χ1n) is 10.2. The van der Waals surface area contributed by atoms with E-state index in [2.05, 4.69) is 15.2 Å². The Morgan fingerprint density at radius 3 is 2.42 bits per heavy atom. The second kappa shape index (κ2) is 9.53. The molecule has 1 unspecified atom stereocenters. The summed E-state index contributed by atoms with van der Waals surface area (Å²) in [6, 6.07) is 10.9. The molecule has 0 bridgehead atoms. The zero-order chi connectivity index (χ0) is 23.5. The van der Waals surface area contributed by atoms with Crippen LogP contribution < -0.4 is 23.8 Å². The van der Waals surface area contributed by atoms with E-state index in [0.29, 0.717) is 44.9 Å². The van der Waals surface area contributed by atoms with Crippen molar-refractivity contribution < 1.29 is 23.7 Å². The molecule has 9 nitrogen and oxygen atoms in total. The number of carbonyl (C=O) groups excluding carboxylic acids is 1. The molecule has 10 heteroatoms. The molecule has 2 aromatic carbocycles. The lowest BCUT2D eigenvalue weighted by Gasteiger charge is -2.31. The van der Waals surface area contributed by atoms with Gasteiger partial charge in [0.2, 0.25) is 23.2 Å². The number of fused-ring (bicyclic) bond motifs is 3. The molecule has 1 aliphatic rings. The van der Waals surface area contributed by atoms with Gasteiger partial charge in [-0.05, 0) is 18.4 Å². The van der Waals surface area contributed by atoms with Gasteiger partial charge in [-0.25, -0.2) is 0 Å². The molecule has 1 amide bonds. The number of hydrogen-bond acceptors (Lipinski definition) is 9. The van der Waals surface area contributed by atoms with E-state index in [0.717, 1.165) is 0 Å². The smallest absolute Gasteiger partial charge is 0.247 e. The van der Waals surface area contributed by atoms with Crippen LogP contribution in [0.2, 0.25) is 0 Å². The van der Waals surface area contributed by atoms with Gasteiger partial charge in [-0.3, -0.25) is 9.69 Å². The summed E-state index contributed by atoms with van der Waals surface area (Å²) >= 11 is 1.35. The molecule has 0 aliphatic carbocycles. The molecule has 0 saturated carbocycles. The Hall–Kier alpha value is -3.53. The third kappa shape index (κ3) is 4.02. The van der Waals surface area contributed by atoms with Gasteiger partial charge in [-0.2, -0.15) is 4.98 Å². The maximum absolute atomic E-state index is 13.3. The summed E-state index contributed by atoms with van der Waals surface area (Å²) in [5.74, 6) is 1.57. The van der Waals surface area contributed by atoms with Crippen molar-refractivity contribution in [3.8, 4) is 34.4 Å². The summed E-state index contributed by atoms with van der Waals surface area (Å²) in [5, 5.41) is 9.01. The van der Waals surface area contributed by atoms with Gasteiger partial charge in [0.25, 0.3) is 0 Å². The summed E-state index contributed by atoms with van der Waals surface area (Å²) < 4.78 is 23.0. The number of carbonyl (C=O) groups is 1. The second-order valence-corrected chi connectivity index (χ2v) is 7.78.